The number of halogens is 1. The highest BCUT2D eigenvalue weighted by molar-refractivity contribution is 7.91. The molecule has 1 N–H and O–H groups in total. The molecule has 0 spiro atoms. The third-order valence-electron chi connectivity index (χ3n) is 3.10. The molecule has 0 saturated carbocycles. The summed E-state index contributed by atoms with van der Waals surface area (Å²) in [6.45, 7) is 1.29. The van der Waals surface area contributed by atoms with Gasteiger partial charge in [-0.1, -0.05) is 12.1 Å². The van der Waals surface area contributed by atoms with Crippen molar-refractivity contribution in [2.45, 2.75) is 6.54 Å². The minimum Gasteiger partial charge on any atom is -0.367 e. The molecule has 0 radical (unpaired) electrons. The van der Waals surface area contributed by atoms with Gasteiger partial charge in [0.2, 0.25) is 0 Å². The highest BCUT2D eigenvalue weighted by Crippen LogP contribution is 2.26. The van der Waals surface area contributed by atoms with E-state index in [1.165, 1.54) is 6.07 Å². The predicted octanol–water partition coefficient (Wildman–Crippen LogP) is 0.780. The monoisotopic (exact) mass is 272 g/mol. The average Bonchev–Trinajstić information content (AvgIpc) is 2.31. The van der Waals surface area contributed by atoms with E-state index >= 15 is 0 Å². The zero-order chi connectivity index (χ0) is 13.2. The van der Waals surface area contributed by atoms with Gasteiger partial charge in [-0.15, -0.1) is 0 Å². The van der Waals surface area contributed by atoms with Crippen LogP contribution < -0.4 is 10.2 Å². The van der Waals surface area contributed by atoms with Gasteiger partial charge in [-0.2, -0.15) is 0 Å². The van der Waals surface area contributed by atoms with Crippen LogP contribution in [0, 0.1) is 5.82 Å². The summed E-state index contributed by atoms with van der Waals surface area (Å²) in [4.78, 5) is 1.82. The third kappa shape index (κ3) is 2.81. The Balaban J connectivity index is 2.28. The lowest BCUT2D eigenvalue weighted by molar-refractivity contribution is 0.580. The fourth-order valence-corrected chi connectivity index (χ4v) is 3.38. The number of para-hydroxylation sites is 1. The normalized spacial score (nSPS) is 18.9. The molecule has 0 unspecified atom stereocenters. The first-order valence-corrected chi connectivity index (χ1v) is 7.73. The van der Waals surface area contributed by atoms with Crippen LogP contribution in [0.15, 0.2) is 18.2 Å². The van der Waals surface area contributed by atoms with E-state index in [4.69, 9.17) is 0 Å². The summed E-state index contributed by atoms with van der Waals surface area (Å²) in [5.74, 6) is -0.0947. The summed E-state index contributed by atoms with van der Waals surface area (Å²) in [5, 5.41) is 3.00. The zero-order valence-electron chi connectivity index (χ0n) is 10.3. The van der Waals surface area contributed by atoms with Gasteiger partial charge in [0.1, 0.15) is 5.82 Å². The Morgan fingerprint density at radius 2 is 2.00 bits per heavy atom. The molecule has 4 nitrogen and oxygen atoms in total. The van der Waals surface area contributed by atoms with Crippen LogP contribution in [0.25, 0.3) is 0 Å². The highest BCUT2D eigenvalue weighted by Gasteiger charge is 2.24. The fraction of sp³-hybridized carbons (Fsp3) is 0.500. The van der Waals surface area contributed by atoms with Crippen molar-refractivity contribution < 1.29 is 12.8 Å². The van der Waals surface area contributed by atoms with E-state index in [1.807, 2.05) is 11.0 Å². The van der Waals surface area contributed by atoms with Gasteiger partial charge in [-0.05, 0) is 18.7 Å². The Hall–Kier alpha value is -1.14. The molecule has 100 valence electrons. The second-order valence-corrected chi connectivity index (χ2v) is 6.72. The molecule has 2 rings (SSSR count). The zero-order valence-corrected chi connectivity index (χ0v) is 11.1. The van der Waals surface area contributed by atoms with Crippen LogP contribution in [0.5, 0.6) is 0 Å². The maximum absolute atomic E-state index is 13.9. The molecular formula is C12H17FN2O2S. The number of benzene rings is 1. The molecule has 1 heterocycles. The van der Waals surface area contributed by atoms with Gasteiger partial charge in [-0.25, -0.2) is 12.8 Å². The first-order chi connectivity index (χ1) is 8.53. The molecule has 1 aromatic rings. The standard InChI is InChI=1S/C12H17FN2O2S/c1-14-9-10-3-2-4-11(13)12(10)15-5-7-18(16,17)8-6-15/h2-4,14H,5-9H2,1H3. The lowest BCUT2D eigenvalue weighted by Gasteiger charge is -2.30. The van der Waals surface area contributed by atoms with Gasteiger partial charge in [0.05, 0.1) is 17.2 Å². The molecule has 18 heavy (non-hydrogen) atoms. The van der Waals surface area contributed by atoms with Gasteiger partial charge in [0, 0.05) is 19.6 Å². The topological polar surface area (TPSA) is 49.4 Å². The average molecular weight is 272 g/mol. The van der Waals surface area contributed by atoms with Crippen molar-refractivity contribution in [3.05, 3.63) is 29.6 Å². The molecule has 1 saturated heterocycles. The van der Waals surface area contributed by atoms with Crippen molar-refractivity contribution in [3.8, 4) is 0 Å². The maximum atomic E-state index is 13.9. The first kappa shape index (κ1) is 13.3. The van der Waals surface area contributed by atoms with Crippen molar-refractivity contribution in [1.29, 1.82) is 0 Å². The third-order valence-corrected chi connectivity index (χ3v) is 4.71. The van der Waals surface area contributed by atoms with Crippen molar-refractivity contribution >= 4 is 15.5 Å². The first-order valence-electron chi connectivity index (χ1n) is 5.91. The van der Waals surface area contributed by atoms with Crippen LogP contribution in [-0.4, -0.2) is 40.1 Å². The van der Waals surface area contributed by atoms with Gasteiger partial charge < -0.3 is 10.2 Å². The number of nitrogens with one attached hydrogen (secondary N) is 1. The van der Waals surface area contributed by atoms with E-state index in [2.05, 4.69) is 5.32 Å². The van der Waals surface area contributed by atoms with E-state index in [-0.39, 0.29) is 17.3 Å². The highest BCUT2D eigenvalue weighted by atomic mass is 32.2. The van der Waals surface area contributed by atoms with Crippen LogP contribution in [0.1, 0.15) is 5.56 Å². The molecule has 0 aliphatic carbocycles. The molecule has 1 fully saturated rings. The van der Waals surface area contributed by atoms with Crippen molar-refractivity contribution in [2.75, 3.05) is 36.5 Å². The Bertz CT molecular complexity index is 517. The molecular weight excluding hydrogens is 255 g/mol. The maximum Gasteiger partial charge on any atom is 0.153 e. The molecule has 1 aliphatic rings. The Morgan fingerprint density at radius 1 is 1.33 bits per heavy atom. The van der Waals surface area contributed by atoms with Crippen LogP contribution in [0.3, 0.4) is 0 Å². The number of rotatable bonds is 3. The SMILES string of the molecule is CNCc1cccc(F)c1N1CCS(=O)(=O)CC1. The van der Waals surface area contributed by atoms with E-state index in [9.17, 15) is 12.8 Å². The lowest BCUT2D eigenvalue weighted by atomic mass is 10.1. The van der Waals surface area contributed by atoms with E-state index in [1.54, 1.807) is 13.1 Å². The summed E-state index contributed by atoms with van der Waals surface area (Å²) >= 11 is 0. The van der Waals surface area contributed by atoms with Crippen LogP contribution in [0.2, 0.25) is 0 Å². The Kier molecular flexibility index (Phi) is 3.87. The molecule has 1 aromatic carbocycles. The minimum absolute atomic E-state index is 0.0975. The fourth-order valence-electron chi connectivity index (χ4n) is 2.18. The molecule has 0 amide bonds. The van der Waals surface area contributed by atoms with Crippen molar-refractivity contribution in [2.24, 2.45) is 0 Å². The van der Waals surface area contributed by atoms with Gasteiger partial charge >= 0.3 is 0 Å². The number of hydrogen-bond donors (Lipinski definition) is 1. The van der Waals surface area contributed by atoms with Crippen molar-refractivity contribution in [3.63, 3.8) is 0 Å². The second kappa shape index (κ2) is 5.24. The lowest BCUT2D eigenvalue weighted by Crippen LogP contribution is -2.41. The summed E-state index contributed by atoms with van der Waals surface area (Å²) in [6.07, 6.45) is 0. The van der Waals surface area contributed by atoms with Gasteiger partial charge in [0.15, 0.2) is 9.84 Å². The van der Waals surface area contributed by atoms with Gasteiger partial charge in [0.25, 0.3) is 0 Å². The van der Waals surface area contributed by atoms with Crippen LogP contribution in [-0.2, 0) is 16.4 Å². The number of anilines is 1. The van der Waals surface area contributed by atoms with E-state index in [0.29, 0.717) is 25.3 Å². The largest absolute Gasteiger partial charge is 0.367 e. The van der Waals surface area contributed by atoms with Gasteiger partial charge in [-0.3, -0.25) is 0 Å². The Labute approximate surface area is 107 Å². The summed E-state index contributed by atoms with van der Waals surface area (Å²) in [7, 11) is -1.14. The number of hydrogen-bond acceptors (Lipinski definition) is 4. The summed E-state index contributed by atoms with van der Waals surface area (Å²) < 4.78 is 36.7. The number of nitrogens with zero attached hydrogens (tertiary/aromatic N) is 1. The molecule has 0 aromatic heterocycles. The molecule has 6 heteroatoms. The Morgan fingerprint density at radius 3 is 2.61 bits per heavy atom. The van der Waals surface area contributed by atoms with Crippen molar-refractivity contribution in [1.82, 2.24) is 5.32 Å². The van der Waals surface area contributed by atoms with Crippen LogP contribution in [0.4, 0.5) is 10.1 Å². The number of sulfone groups is 1. The smallest absolute Gasteiger partial charge is 0.153 e. The summed E-state index contributed by atoms with van der Waals surface area (Å²) in [5.41, 5.74) is 1.39. The van der Waals surface area contributed by atoms with E-state index < -0.39 is 9.84 Å². The van der Waals surface area contributed by atoms with E-state index in [0.717, 1.165) is 5.56 Å². The molecule has 1 aliphatic heterocycles. The predicted molar refractivity (Wildman–Crippen MR) is 70.0 cm³/mol. The van der Waals surface area contributed by atoms with Crippen LogP contribution >= 0.6 is 0 Å². The summed E-state index contributed by atoms with van der Waals surface area (Å²) in [6, 6.07) is 4.95. The molecule has 0 atom stereocenters. The quantitative estimate of drug-likeness (QED) is 0.883. The minimum atomic E-state index is -2.94. The molecule has 0 bridgehead atoms. The second-order valence-electron chi connectivity index (χ2n) is 4.42.